The Bertz CT molecular complexity index is 3530. The van der Waals surface area contributed by atoms with Gasteiger partial charge in [-0.15, -0.1) is 68.0 Å². The molecule has 5 atom stereocenters. The van der Waals surface area contributed by atoms with Crippen molar-refractivity contribution in [2.75, 3.05) is 26.7 Å². The molecular weight excluding hydrogens is 1150 g/mol. The molecule has 80 heavy (non-hydrogen) atoms. The van der Waals surface area contributed by atoms with E-state index >= 15 is 0 Å². The minimum atomic E-state index is -1.36. The molecule has 9 rings (SSSR count). The van der Waals surface area contributed by atoms with Crippen molar-refractivity contribution < 1.29 is 43.5 Å². The maximum Gasteiger partial charge on any atom is 0.271 e. The number of hydrogen-bond donors (Lipinski definition) is 8. The Labute approximate surface area is 480 Å². The number of likely N-dealkylation sites (tertiary alicyclic amines) is 1. The molecule has 9 N–H and O–H groups in total. The van der Waals surface area contributed by atoms with Gasteiger partial charge in [0.25, 0.3) is 23.6 Å². The lowest BCUT2D eigenvalue weighted by Crippen LogP contribution is -2.54. The van der Waals surface area contributed by atoms with Crippen molar-refractivity contribution in [1.29, 1.82) is 0 Å². The quantitative estimate of drug-likeness (QED) is 0.0923. The number of primary amides is 1. The van der Waals surface area contributed by atoms with Crippen molar-refractivity contribution in [3.8, 4) is 43.4 Å². The monoisotopic (exact) mass is 1200 g/mol. The van der Waals surface area contributed by atoms with E-state index in [2.05, 4.69) is 46.9 Å². The number of aryl methyl sites for hydroxylation is 1. The summed E-state index contributed by atoms with van der Waals surface area (Å²) in [5.74, 6) is -4.97. The van der Waals surface area contributed by atoms with E-state index < -0.39 is 84.1 Å². The molecule has 418 valence electrons. The number of aromatic nitrogens is 7. The number of amides is 8. The Hall–Kier alpha value is -7.35. The van der Waals surface area contributed by atoms with Gasteiger partial charge in [-0.05, 0) is 43.7 Å². The number of nitrogens with two attached hydrogens (primary N) is 1. The lowest BCUT2D eigenvalue weighted by Gasteiger charge is -2.26. The van der Waals surface area contributed by atoms with Crippen molar-refractivity contribution >= 4 is 115 Å². The fourth-order valence-electron chi connectivity index (χ4n) is 8.66. The average Bonchev–Trinajstić information content (AvgIpc) is 4.31. The highest BCUT2D eigenvalue weighted by atomic mass is 32.1. The summed E-state index contributed by atoms with van der Waals surface area (Å²) in [7, 11) is 1.46. The molecule has 30 heteroatoms. The molecule has 0 spiro atoms. The van der Waals surface area contributed by atoms with Crippen molar-refractivity contribution in [3.63, 3.8) is 0 Å². The van der Waals surface area contributed by atoms with Gasteiger partial charge in [0.2, 0.25) is 23.6 Å². The smallest absolute Gasteiger partial charge is 0.271 e. The first-order chi connectivity index (χ1) is 38.3. The summed E-state index contributed by atoms with van der Waals surface area (Å²) in [4.78, 5) is 142. The van der Waals surface area contributed by atoms with Crippen molar-refractivity contribution in [1.82, 2.24) is 71.7 Å². The molecule has 9 heterocycles. The van der Waals surface area contributed by atoms with Crippen LogP contribution in [0.5, 0.6) is 0 Å². The number of aliphatic hydroxyl groups excluding tert-OH is 1. The summed E-state index contributed by atoms with van der Waals surface area (Å²) in [5, 5.41) is 37.6. The van der Waals surface area contributed by atoms with Crippen LogP contribution >= 0.6 is 68.0 Å². The molecule has 0 saturated carbocycles. The molecule has 24 nitrogen and oxygen atoms in total. The van der Waals surface area contributed by atoms with Crippen LogP contribution in [0, 0.1) is 18.8 Å². The van der Waals surface area contributed by atoms with Crippen LogP contribution in [-0.2, 0) is 19.2 Å². The van der Waals surface area contributed by atoms with Gasteiger partial charge in [-0.3, -0.25) is 38.4 Å². The molecule has 2 aliphatic rings. The number of rotatable bonds is 10. The van der Waals surface area contributed by atoms with Crippen LogP contribution in [0.15, 0.2) is 39.0 Å². The number of thiazole rings is 6. The third kappa shape index (κ3) is 12.5. The first kappa shape index (κ1) is 57.3. The Kier molecular flexibility index (Phi) is 17.6. The van der Waals surface area contributed by atoms with Crippen molar-refractivity contribution in [3.05, 3.63) is 81.7 Å². The van der Waals surface area contributed by atoms with Gasteiger partial charge in [0.15, 0.2) is 0 Å². The number of aliphatic hydroxyl groups is 1. The molecule has 1 fully saturated rings. The normalized spacial score (nSPS) is 18.5. The number of carbonyl (C=O) groups excluding carboxylic acids is 8. The molecule has 2 aliphatic heterocycles. The third-order valence-electron chi connectivity index (χ3n) is 12.9. The number of fused-ring (bicyclic) bond motifs is 14. The van der Waals surface area contributed by atoms with Crippen molar-refractivity contribution in [2.45, 2.75) is 84.1 Å². The number of carbonyl (C=O) groups is 8. The first-order valence-electron chi connectivity index (χ1n) is 25.0. The van der Waals surface area contributed by atoms with E-state index in [1.165, 1.54) is 51.3 Å². The van der Waals surface area contributed by atoms with Gasteiger partial charge in [0.1, 0.15) is 82.0 Å². The van der Waals surface area contributed by atoms with Gasteiger partial charge in [0.05, 0.1) is 43.4 Å². The molecule has 1 saturated heterocycles. The standard InChI is InChI=1S/C50H53N15O9S6/c1-20(2)35-48-61-31(19-79-48)46-57-27(15-76-46)38-23(9-10-24(54-38)45-59-30(18-77-45)42(72)56-26(14-66)50(74)65-11-7-8-32(65)39(51)69)44-58-29(17-75-44)41(71)55-25(12-33(67)52-6)47-64-37(22(5)80-47)43(73)63-36(21(3)4)49-60-28(16-78-49)40(70)53-13-34(68)62-35/h9-10,15-21,25-26,32,35-36,66H,7-8,11-14H2,1-6H3,(H2,51,69)(H,52,67)(H,53,70)(H,55,71)(H,56,72)(H,62,68)(H,63,73)/t25-,26+,32+,35-,36+/m1/s1. The second-order valence-electron chi connectivity index (χ2n) is 19.2. The minimum Gasteiger partial charge on any atom is -0.394 e. The third-order valence-corrected chi connectivity index (χ3v) is 18.4. The Morgan fingerprint density at radius 1 is 0.713 bits per heavy atom. The maximum atomic E-state index is 14.2. The highest BCUT2D eigenvalue weighted by molar-refractivity contribution is 7.15. The van der Waals surface area contributed by atoms with Crippen LogP contribution in [-0.4, -0.2) is 131 Å². The summed E-state index contributed by atoms with van der Waals surface area (Å²) in [6.07, 6.45) is 0.698. The second-order valence-corrected chi connectivity index (χ2v) is 24.8. The van der Waals surface area contributed by atoms with E-state index in [9.17, 15) is 43.5 Å². The molecule has 0 radical (unpaired) electrons. The zero-order valence-corrected chi connectivity index (χ0v) is 48.5. The van der Waals surface area contributed by atoms with E-state index in [1.807, 2.05) is 33.1 Å². The molecule has 7 aromatic rings. The molecule has 7 aromatic heterocycles. The van der Waals surface area contributed by atoms with Gasteiger partial charge < -0.3 is 47.6 Å². The predicted octanol–water partition coefficient (Wildman–Crippen LogP) is 4.66. The second kappa shape index (κ2) is 24.6. The van der Waals surface area contributed by atoms with Crippen LogP contribution in [0.2, 0.25) is 0 Å². The lowest BCUT2D eigenvalue weighted by molar-refractivity contribution is -0.139. The van der Waals surface area contributed by atoms with Crippen LogP contribution in [0.25, 0.3) is 43.4 Å². The van der Waals surface area contributed by atoms with Gasteiger partial charge in [0, 0.05) is 50.9 Å². The van der Waals surface area contributed by atoms with E-state index in [-0.39, 0.29) is 54.1 Å². The zero-order chi connectivity index (χ0) is 57.1. The molecule has 0 aliphatic carbocycles. The van der Waals surface area contributed by atoms with Gasteiger partial charge in [-0.25, -0.2) is 34.9 Å². The van der Waals surface area contributed by atoms with Crippen LogP contribution in [0.3, 0.4) is 0 Å². The highest BCUT2D eigenvalue weighted by Crippen LogP contribution is 2.39. The van der Waals surface area contributed by atoms with E-state index in [0.717, 1.165) is 34.0 Å². The van der Waals surface area contributed by atoms with E-state index in [4.69, 9.17) is 25.7 Å². The first-order valence-corrected chi connectivity index (χ1v) is 30.2. The van der Waals surface area contributed by atoms with E-state index in [0.29, 0.717) is 76.1 Å². The highest BCUT2D eigenvalue weighted by Gasteiger charge is 2.37. The summed E-state index contributed by atoms with van der Waals surface area (Å²) >= 11 is 7.20. The van der Waals surface area contributed by atoms with Gasteiger partial charge in [-0.1, -0.05) is 27.7 Å². The Balaban J connectivity index is 1.07. The molecule has 10 bridgehead atoms. The fraction of sp³-hybridized carbons (Fsp3) is 0.380. The summed E-state index contributed by atoms with van der Waals surface area (Å²) in [6.45, 7) is 8.52. The topological polar surface area (TPSA) is 348 Å². The predicted molar refractivity (Wildman–Crippen MR) is 302 cm³/mol. The Morgan fingerprint density at radius 3 is 2.06 bits per heavy atom. The number of hydrogen-bond acceptors (Lipinski definition) is 22. The Morgan fingerprint density at radius 2 is 1.35 bits per heavy atom. The van der Waals surface area contributed by atoms with Crippen LogP contribution in [0.4, 0.5) is 0 Å². The molecular formula is C50H53N15O9S6. The number of nitrogens with zero attached hydrogens (tertiary/aromatic N) is 8. The number of nitrogens with one attached hydrogen (secondary N) is 6. The zero-order valence-electron chi connectivity index (χ0n) is 43.6. The van der Waals surface area contributed by atoms with Crippen LogP contribution in [0.1, 0.15) is 127 Å². The molecule has 0 unspecified atom stereocenters. The largest absolute Gasteiger partial charge is 0.394 e. The fourth-order valence-corrected chi connectivity index (χ4v) is 14.1. The van der Waals surface area contributed by atoms with Crippen molar-refractivity contribution in [2.24, 2.45) is 17.6 Å². The SMILES string of the molecule is CNC(=O)C[C@H]1NC(=O)c2csc(n2)-c2ccc(-c3nc(C(=O)N[C@@H](CO)C(=O)N4CCC[C@H]4C(N)=O)cs3)nc2-c2csc(n2)-c2csc(n2)[C@@H](C(C)C)NC(=O)CNC(=O)c2csc(n2)[C@H](C(C)C)NC(=O)c2nc1sc2C. The average molecular weight is 1200 g/mol. The lowest BCUT2D eigenvalue weighted by atomic mass is 10.0. The summed E-state index contributed by atoms with van der Waals surface area (Å²) in [6, 6.07) is -0.959. The number of pyridine rings is 1. The van der Waals surface area contributed by atoms with Gasteiger partial charge >= 0.3 is 0 Å². The summed E-state index contributed by atoms with van der Waals surface area (Å²) in [5.41, 5.74) is 7.67. The van der Waals surface area contributed by atoms with E-state index in [1.54, 1.807) is 35.2 Å². The van der Waals surface area contributed by atoms with Gasteiger partial charge in [-0.2, -0.15) is 0 Å². The molecule has 8 amide bonds. The minimum absolute atomic E-state index is 0.0132. The molecule has 0 aromatic carbocycles. The van der Waals surface area contributed by atoms with Crippen LogP contribution < -0.4 is 37.6 Å². The maximum absolute atomic E-state index is 14.2. The summed E-state index contributed by atoms with van der Waals surface area (Å²) < 4.78 is 0.